The fraction of sp³-hybridized carbons (Fsp3) is 0.385. The van der Waals surface area contributed by atoms with Gasteiger partial charge in [0.1, 0.15) is 11.0 Å². The van der Waals surface area contributed by atoms with Crippen molar-refractivity contribution in [2.45, 2.75) is 31.7 Å². The molecule has 1 N–H and O–H groups in total. The van der Waals surface area contributed by atoms with E-state index in [1.165, 1.54) is 13.8 Å². The zero-order chi connectivity index (χ0) is 14.6. The average Bonchev–Trinajstić information content (AvgIpc) is 2.27. The summed E-state index contributed by atoms with van der Waals surface area (Å²) in [7, 11) is 0. The van der Waals surface area contributed by atoms with Crippen LogP contribution in [0.4, 0.5) is 4.79 Å². The number of rotatable bonds is 3. The summed E-state index contributed by atoms with van der Waals surface area (Å²) in [5.41, 5.74) is 0.736. The van der Waals surface area contributed by atoms with E-state index < -0.39 is 23.0 Å². The number of imide groups is 1. The molecule has 0 heterocycles. The Labute approximate surface area is 122 Å². The number of carbonyl (C=O) groups is 2. The van der Waals surface area contributed by atoms with Crippen molar-refractivity contribution in [1.82, 2.24) is 5.32 Å². The SMILES string of the molecule is CC(OC(=O)NC(=O)C(C)(C)Cl)c1cccc(Cl)c1. The molecule has 0 fully saturated rings. The molecule has 104 valence electrons. The average molecular weight is 304 g/mol. The second kappa shape index (κ2) is 6.26. The number of benzene rings is 1. The molecular formula is C13H15Cl2NO3. The Kier molecular flexibility index (Phi) is 5.20. The van der Waals surface area contributed by atoms with Gasteiger partial charge in [0, 0.05) is 5.02 Å². The predicted molar refractivity (Wildman–Crippen MR) is 74.4 cm³/mol. The lowest BCUT2D eigenvalue weighted by atomic mass is 10.1. The van der Waals surface area contributed by atoms with Crippen LogP contribution in [0.1, 0.15) is 32.4 Å². The number of alkyl halides is 1. The van der Waals surface area contributed by atoms with Crippen LogP contribution in [0.25, 0.3) is 0 Å². The summed E-state index contributed by atoms with van der Waals surface area (Å²) < 4.78 is 5.07. The zero-order valence-corrected chi connectivity index (χ0v) is 12.4. The molecule has 0 aliphatic rings. The second-order valence-electron chi connectivity index (χ2n) is 4.53. The van der Waals surface area contributed by atoms with Crippen molar-refractivity contribution in [3.63, 3.8) is 0 Å². The van der Waals surface area contributed by atoms with E-state index in [1.807, 2.05) is 0 Å². The van der Waals surface area contributed by atoms with Crippen molar-refractivity contribution >= 4 is 35.2 Å². The first-order valence-corrected chi connectivity index (χ1v) is 6.42. The number of halogens is 2. The molecule has 1 unspecified atom stereocenters. The predicted octanol–water partition coefficient (Wildman–Crippen LogP) is 3.67. The van der Waals surface area contributed by atoms with Gasteiger partial charge in [-0.3, -0.25) is 10.1 Å². The highest BCUT2D eigenvalue weighted by Crippen LogP contribution is 2.20. The van der Waals surface area contributed by atoms with E-state index in [0.717, 1.165) is 5.56 Å². The van der Waals surface area contributed by atoms with Crippen molar-refractivity contribution in [2.24, 2.45) is 0 Å². The van der Waals surface area contributed by atoms with Gasteiger partial charge in [-0.15, -0.1) is 11.6 Å². The minimum absolute atomic E-state index is 0.523. The molecule has 0 bridgehead atoms. The number of hydrogen-bond donors (Lipinski definition) is 1. The van der Waals surface area contributed by atoms with E-state index >= 15 is 0 Å². The molecule has 4 nitrogen and oxygen atoms in total. The first-order chi connectivity index (χ1) is 8.70. The van der Waals surface area contributed by atoms with Gasteiger partial charge in [-0.2, -0.15) is 0 Å². The smallest absolute Gasteiger partial charge is 0.414 e. The number of ether oxygens (including phenoxy) is 1. The summed E-state index contributed by atoms with van der Waals surface area (Å²) in [4.78, 5) is 21.8. The van der Waals surface area contributed by atoms with E-state index in [9.17, 15) is 9.59 Å². The molecule has 0 spiro atoms. The molecule has 1 atom stereocenters. The van der Waals surface area contributed by atoms with Gasteiger partial charge in [0.15, 0.2) is 0 Å². The molecule has 0 radical (unpaired) electrons. The molecule has 6 heteroatoms. The number of hydrogen-bond acceptors (Lipinski definition) is 3. The Morgan fingerprint density at radius 3 is 2.53 bits per heavy atom. The Morgan fingerprint density at radius 1 is 1.37 bits per heavy atom. The summed E-state index contributed by atoms with van der Waals surface area (Å²) in [6, 6.07) is 6.93. The van der Waals surface area contributed by atoms with E-state index in [-0.39, 0.29) is 0 Å². The molecule has 1 aromatic rings. The van der Waals surface area contributed by atoms with Crippen LogP contribution in [-0.2, 0) is 9.53 Å². The Morgan fingerprint density at radius 2 is 2.00 bits per heavy atom. The van der Waals surface area contributed by atoms with Gasteiger partial charge in [0.25, 0.3) is 0 Å². The Balaban J connectivity index is 2.60. The molecule has 1 aromatic carbocycles. The van der Waals surface area contributed by atoms with Gasteiger partial charge in [0.05, 0.1) is 0 Å². The largest absolute Gasteiger partial charge is 0.441 e. The number of alkyl carbamates (subject to hydrolysis) is 1. The maximum Gasteiger partial charge on any atom is 0.414 e. The van der Waals surface area contributed by atoms with Gasteiger partial charge in [-0.25, -0.2) is 4.79 Å². The first kappa shape index (κ1) is 15.8. The van der Waals surface area contributed by atoms with E-state index in [2.05, 4.69) is 5.32 Å². The standard InChI is InChI=1S/C13H15Cl2NO3/c1-8(9-5-4-6-10(14)7-9)19-12(18)16-11(17)13(2,3)15/h4-8H,1-3H3,(H,16,17,18). The number of carbonyl (C=O) groups excluding carboxylic acids is 2. The zero-order valence-electron chi connectivity index (χ0n) is 10.9. The van der Waals surface area contributed by atoms with Crippen LogP contribution in [0.2, 0.25) is 5.02 Å². The molecule has 0 aromatic heterocycles. The van der Waals surface area contributed by atoms with Crippen molar-refractivity contribution in [2.75, 3.05) is 0 Å². The van der Waals surface area contributed by atoms with Crippen LogP contribution in [0.3, 0.4) is 0 Å². The second-order valence-corrected chi connectivity index (χ2v) is 5.91. The molecule has 0 aliphatic heterocycles. The number of amides is 2. The third-order valence-electron chi connectivity index (χ3n) is 2.36. The molecule has 0 saturated carbocycles. The summed E-state index contributed by atoms with van der Waals surface area (Å²) >= 11 is 11.6. The van der Waals surface area contributed by atoms with Crippen molar-refractivity contribution < 1.29 is 14.3 Å². The van der Waals surface area contributed by atoms with Crippen LogP contribution in [0.15, 0.2) is 24.3 Å². The Bertz CT molecular complexity index is 483. The van der Waals surface area contributed by atoms with Crippen LogP contribution in [0.5, 0.6) is 0 Å². The van der Waals surface area contributed by atoms with Gasteiger partial charge in [-0.05, 0) is 38.5 Å². The van der Waals surface area contributed by atoms with Gasteiger partial charge in [-0.1, -0.05) is 23.7 Å². The molecule has 0 saturated heterocycles. The molecule has 1 rings (SSSR count). The van der Waals surface area contributed by atoms with Gasteiger partial charge < -0.3 is 4.74 Å². The molecular weight excluding hydrogens is 289 g/mol. The summed E-state index contributed by atoms with van der Waals surface area (Å²) in [5.74, 6) is -0.613. The third kappa shape index (κ3) is 5.09. The summed E-state index contributed by atoms with van der Waals surface area (Å²) in [6.45, 7) is 4.65. The summed E-state index contributed by atoms with van der Waals surface area (Å²) in [5, 5.41) is 2.62. The minimum atomic E-state index is -1.17. The van der Waals surface area contributed by atoms with Crippen molar-refractivity contribution in [3.05, 3.63) is 34.9 Å². The third-order valence-corrected chi connectivity index (χ3v) is 2.76. The van der Waals surface area contributed by atoms with Crippen LogP contribution in [-0.4, -0.2) is 16.9 Å². The molecule has 0 aliphatic carbocycles. The first-order valence-electron chi connectivity index (χ1n) is 5.66. The maximum absolute atomic E-state index is 11.5. The molecule has 2 amide bonds. The lowest BCUT2D eigenvalue weighted by molar-refractivity contribution is -0.122. The van der Waals surface area contributed by atoms with Crippen molar-refractivity contribution in [1.29, 1.82) is 0 Å². The normalized spacial score (nSPS) is 12.7. The monoisotopic (exact) mass is 303 g/mol. The highest BCUT2D eigenvalue weighted by Gasteiger charge is 2.27. The maximum atomic E-state index is 11.5. The minimum Gasteiger partial charge on any atom is -0.441 e. The number of nitrogens with one attached hydrogen (secondary N) is 1. The highest BCUT2D eigenvalue weighted by atomic mass is 35.5. The van der Waals surface area contributed by atoms with E-state index in [4.69, 9.17) is 27.9 Å². The topological polar surface area (TPSA) is 55.4 Å². The lowest BCUT2D eigenvalue weighted by Gasteiger charge is -2.17. The van der Waals surface area contributed by atoms with E-state index in [1.54, 1.807) is 31.2 Å². The van der Waals surface area contributed by atoms with E-state index in [0.29, 0.717) is 5.02 Å². The van der Waals surface area contributed by atoms with Crippen molar-refractivity contribution in [3.8, 4) is 0 Å². The fourth-order valence-electron chi connectivity index (χ4n) is 1.26. The van der Waals surface area contributed by atoms with Crippen LogP contribution >= 0.6 is 23.2 Å². The molecule has 19 heavy (non-hydrogen) atoms. The highest BCUT2D eigenvalue weighted by molar-refractivity contribution is 6.35. The quantitative estimate of drug-likeness (QED) is 0.867. The lowest BCUT2D eigenvalue weighted by Crippen LogP contribution is -2.41. The Hall–Kier alpha value is -1.26. The van der Waals surface area contributed by atoms with Crippen LogP contribution < -0.4 is 5.32 Å². The van der Waals surface area contributed by atoms with Crippen LogP contribution in [0, 0.1) is 0 Å². The summed E-state index contributed by atoms with van der Waals surface area (Å²) in [6.07, 6.45) is -1.36. The fourth-order valence-corrected chi connectivity index (χ4v) is 1.50. The van der Waals surface area contributed by atoms with Gasteiger partial charge >= 0.3 is 6.09 Å². The van der Waals surface area contributed by atoms with Gasteiger partial charge in [0.2, 0.25) is 5.91 Å².